The van der Waals surface area contributed by atoms with E-state index in [2.05, 4.69) is 34.6 Å². The second kappa shape index (κ2) is 7.44. The Bertz CT molecular complexity index is 301. The highest BCUT2D eigenvalue weighted by atomic mass is 16.2. The fraction of sp³-hybridized carbons (Fsp3) is 0.941. The average Bonchev–Trinajstić information content (AvgIpc) is 2.42. The van der Waals surface area contributed by atoms with Crippen LogP contribution in [0.5, 0.6) is 0 Å². The standard InChI is InChI=1S/C17H34N2O/c1-6-19(12-13(2)11-18)16(20)14-7-9-15(10-8-14)17(3,4)5/h13-15H,6-12,18H2,1-5H3. The van der Waals surface area contributed by atoms with Crippen LogP contribution in [0.25, 0.3) is 0 Å². The lowest BCUT2D eigenvalue weighted by Gasteiger charge is -2.38. The number of amides is 1. The van der Waals surface area contributed by atoms with Gasteiger partial charge < -0.3 is 10.6 Å². The molecule has 0 aliphatic heterocycles. The third kappa shape index (κ3) is 4.76. The van der Waals surface area contributed by atoms with Crippen molar-refractivity contribution in [3.63, 3.8) is 0 Å². The summed E-state index contributed by atoms with van der Waals surface area (Å²) in [5, 5.41) is 0. The highest BCUT2D eigenvalue weighted by Gasteiger charge is 2.33. The van der Waals surface area contributed by atoms with Crippen LogP contribution in [0.4, 0.5) is 0 Å². The molecule has 1 atom stereocenters. The van der Waals surface area contributed by atoms with Gasteiger partial charge in [-0.1, -0.05) is 27.7 Å². The molecule has 0 bridgehead atoms. The maximum absolute atomic E-state index is 12.6. The van der Waals surface area contributed by atoms with Crippen LogP contribution in [0, 0.1) is 23.2 Å². The number of nitrogens with zero attached hydrogens (tertiary/aromatic N) is 1. The van der Waals surface area contributed by atoms with Crippen molar-refractivity contribution in [2.24, 2.45) is 28.9 Å². The Hall–Kier alpha value is -0.570. The van der Waals surface area contributed by atoms with E-state index in [-0.39, 0.29) is 5.92 Å². The normalized spacial score (nSPS) is 25.3. The van der Waals surface area contributed by atoms with Gasteiger partial charge in [-0.3, -0.25) is 4.79 Å². The first-order valence-electron chi connectivity index (χ1n) is 8.28. The third-order valence-electron chi connectivity index (χ3n) is 4.93. The van der Waals surface area contributed by atoms with Gasteiger partial charge in [0.05, 0.1) is 0 Å². The van der Waals surface area contributed by atoms with Crippen LogP contribution >= 0.6 is 0 Å². The van der Waals surface area contributed by atoms with E-state index in [4.69, 9.17) is 5.73 Å². The topological polar surface area (TPSA) is 46.3 Å². The lowest BCUT2D eigenvalue weighted by molar-refractivity contribution is -0.137. The highest BCUT2D eigenvalue weighted by molar-refractivity contribution is 5.78. The number of carbonyl (C=O) groups is 1. The Labute approximate surface area is 125 Å². The van der Waals surface area contributed by atoms with Crippen LogP contribution in [-0.2, 0) is 4.79 Å². The lowest BCUT2D eigenvalue weighted by atomic mass is 9.69. The van der Waals surface area contributed by atoms with Gasteiger partial charge in [0, 0.05) is 19.0 Å². The zero-order chi connectivity index (χ0) is 15.3. The molecule has 1 fully saturated rings. The maximum atomic E-state index is 12.6. The minimum atomic E-state index is 0.249. The minimum absolute atomic E-state index is 0.249. The molecule has 0 aromatic heterocycles. The maximum Gasteiger partial charge on any atom is 0.225 e. The van der Waals surface area contributed by atoms with Gasteiger partial charge in [-0.2, -0.15) is 0 Å². The molecule has 0 spiro atoms. The molecule has 20 heavy (non-hydrogen) atoms. The summed E-state index contributed by atoms with van der Waals surface area (Å²) in [7, 11) is 0. The molecule has 1 aliphatic carbocycles. The Kier molecular flexibility index (Phi) is 6.50. The average molecular weight is 282 g/mol. The van der Waals surface area contributed by atoms with Crippen molar-refractivity contribution in [3.05, 3.63) is 0 Å². The van der Waals surface area contributed by atoms with Crippen LogP contribution in [0.1, 0.15) is 60.3 Å². The first kappa shape index (κ1) is 17.5. The fourth-order valence-electron chi connectivity index (χ4n) is 3.29. The zero-order valence-corrected chi connectivity index (χ0v) is 14.1. The molecule has 1 aliphatic rings. The summed E-state index contributed by atoms with van der Waals surface area (Å²) in [4.78, 5) is 14.6. The molecule has 0 aromatic rings. The van der Waals surface area contributed by atoms with Gasteiger partial charge in [-0.25, -0.2) is 0 Å². The molecule has 1 unspecified atom stereocenters. The van der Waals surface area contributed by atoms with Gasteiger partial charge in [-0.15, -0.1) is 0 Å². The minimum Gasteiger partial charge on any atom is -0.342 e. The summed E-state index contributed by atoms with van der Waals surface area (Å²) in [6.07, 6.45) is 4.52. The fourth-order valence-corrected chi connectivity index (χ4v) is 3.29. The van der Waals surface area contributed by atoms with E-state index in [9.17, 15) is 4.79 Å². The van der Waals surface area contributed by atoms with Gasteiger partial charge >= 0.3 is 0 Å². The quantitative estimate of drug-likeness (QED) is 0.841. The van der Waals surface area contributed by atoms with Crippen molar-refractivity contribution in [2.75, 3.05) is 19.6 Å². The van der Waals surface area contributed by atoms with Gasteiger partial charge in [0.25, 0.3) is 0 Å². The smallest absolute Gasteiger partial charge is 0.225 e. The summed E-state index contributed by atoms with van der Waals surface area (Å²) in [6.45, 7) is 13.4. The van der Waals surface area contributed by atoms with E-state index in [1.54, 1.807) is 0 Å². The molecule has 1 saturated carbocycles. The van der Waals surface area contributed by atoms with E-state index in [0.717, 1.165) is 31.8 Å². The van der Waals surface area contributed by atoms with E-state index >= 15 is 0 Å². The SMILES string of the molecule is CCN(CC(C)CN)C(=O)C1CCC(C(C)(C)C)CC1. The molecule has 1 amide bonds. The van der Waals surface area contributed by atoms with Gasteiger partial charge in [0.2, 0.25) is 5.91 Å². The third-order valence-corrected chi connectivity index (χ3v) is 4.93. The molecular weight excluding hydrogens is 248 g/mol. The molecular formula is C17H34N2O. The predicted octanol–water partition coefficient (Wildman–Crippen LogP) is 3.28. The Balaban J connectivity index is 2.52. The number of hydrogen-bond acceptors (Lipinski definition) is 2. The van der Waals surface area contributed by atoms with Crippen molar-refractivity contribution in [3.8, 4) is 0 Å². The summed E-state index contributed by atoms with van der Waals surface area (Å²) >= 11 is 0. The Morgan fingerprint density at radius 2 is 1.80 bits per heavy atom. The summed E-state index contributed by atoms with van der Waals surface area (Å²) in [6, 6.07) is 0. The van der Waals surface area contributed by atoms with Crippen LogP contribution in [0.15, 0.2) is 0 Å². The molecule has 2 N–H and O–H groups in total. The first-order valence-corrected chi connectivity index (χ1v) is 8.28. The number of carbonyl (C=O) groups excluding carboxylic acids is 1. The molecule has 0 aromatic carbocycles. The van der Waals surface area contributed by atoms with Gasteiger partial charge in [0.15, 0.2) is 0 Å². The van der Waals surface area contributed by atoms with Gasteiger partial charge in [0.1, 0.15) is 0 Å². The molecule has 0 radical (unpaired) electrons. The van der Waals surface area contributed by atoms with Crippen molar-refractivity contribution in [2.45, 2.75) is 60.3 Å². The monoisotopic (exact) mass is 282 g/mol. The molecule has 0 saturated heterocycles. The van der Waals surface area contributed by atoms with Crippen molar-refractivity contribution < 1.29 is 4.79 Å². The van der Waals surface area contributed by atoms with Crippen LogP contribution in [0.2, 0.25) is 0 Å². The van der Waals surface area contributed by atoms with Crippen molar-refractivity contribution in [1.29, 1.82) is 0 Å². The number of hydrogen-bond donors (Lipinski definition) is 1. The summed E-state index contributed by atoms with van der Waals surface area (Å²) in [5.41, 5.74) is 6.06. The van der Waals surface area contributed by atoms with E-state index in [1.807, 2.05) is 4.90 Å². The first-order chi connectivity index (χ1) is 9.29. The number of nitrogens with two attached hydrogens (primary N) is 1. The van der Waals surface area contributed by atoms with Gasteiger partial charge in [-0.05, 0) is 56.4 Å². The molecule has 1 rings (SSSR count). The second-order valence-corrected chi connectivity index (χ2v) is 7.63. The van der Waals surface area contributed by atoms with Crippen LogP contribution < -0.4 is 5.73 Å². The van der Waals surface area contributed by atoms with E-state index < -0.39 is 0 Å². The van der Waals surface area contributed by atoms with E-state index in [0.29, 0.717) is 23.8 Å². The molecule has 0 heterocycles. The van der Waals surface area contributed by atoms with Crippen molar-refractivity contribution >= 4 is 5.91 Å². The summed E-state index contributed by atoms with van der Waals surface area (Å²) < 4.78 is 0. The predicted molar refractivity (Wildman–Crippen MR) is 85.4 cm³/mol. The highest BCUT2D eigenvalue weighted by Crippen LogP contribution is 2.40. The van der Waals surface area contributed by atoms with Crippen molar-refractivity contribution in [1.82, 2.24) is 4.90 Å². The molecule has 3 nitrogen and oxygen atoms in total. The van der Waals surface area contributed by atoms with Crippen LogP contribution in [-0.4, -0.2) is 30.4 Å². The number of rotatable bonds is 5. The summed E-state index contributed by atoms with van der Waals surface area (Å²) in [5.74, 6) is 1.77. The second-order valence-electron chi connectivity index (χ2n) is 7.63. The Morgan fingerprint density at radius 3 is 2.20 bits per heavy atom. The van der Waals surface area contributed by atoms with Crippen LogP contribution in [0.3, 0.4) is 0 Å². The van der Waals surface area contributed by atoms with E-state index in [1.165, 1.54) is 12.8 Å². The zero-order valence-electron chi connectivity index (χ0n) is 14.1. The largest absolute Gasteiger partial charge is 0.342 e. The molecule has 118 valence electrons. The lowest BCUT2D eigenvalue weighted by Crippen LogP contribution is -2.41. The molecule has 3 heteroatoms. The Morgan fingerprint density at radius 1 is 1.25 bits per heavy atom.